The van der Waals surface area contributed by atoms with E-state index in [9.17, 15) is 13.8 Å². The summed E-state index contributed by atoms with van der Waals surface area (Å²) in [6.45, 7) is 3.96. The Bertz CT molecular complexity index is 770. The Balaban J connectivity index is 2.01. The third-order valence-electron chi connectivity index (χ3n) is 3.84. The number of carbonyl (C=O) groups excluding carboxylic acids is 2. The smallest absolute Gasteiger partial charge is 0.255 e. The summed E-state index contributed by atoms with van der Waals surface area (Å²) in [6.07, 6.45) is 2.46. The number of hydrogen-bond donors (Lipinski definition) is 2. The molecule has 2 amide bonds. The van der Waals surface area contributed by atoms with Crippen LogP contribution in [0.4, 0.5) is 5.69 Å². The molecule has 0 bridgehead atoms. The van der Waals surface area contributed by atoms with Gasteiger partial charge in [-0.1, -0.05) is 6.92 Å². The van der Waals surface area contributed by atoms with Gasteiger partial charge >= 0.3 is 0 Å². The number of benzene rings is 2. The van der Waals surface area contributed by atoms with E-state index in [-0.39, 0.29) is 17.9 Å². The molecule has 0 aliphatic rings. The molecule has 2 unspecified atom stereocenters. The maximum Gasteiger partial charge on any atom is 0.255 e. The van der Waals surface area contributed by atoms with Crippen molar-refractivity contribution in [3.63, 3.8) is 0 Å². The predicted molar refractivity (Wildman–Crippen MR) is 100 cm³/mol. The number of carbonyl (C=O) groups is 2. The molecule has 0 heterocycles. The SMILES string of the molecule is CCC(C)NC(=O)c1ccc(NC(=O)c2ccc(S(C)=O)cc2)cc1. The average Bonchev–Trinajstić information content (AvgIpc) is 2.62. The van der Waals surface area contributed by atoms with Crippen LogP contribution in [0.2, 0.25) is 0 Å². The van der Waals surface area contributed by atoms with Crippen molar-refractivity contribution in [3.05, 3.63) is 59.7 Å². The van der Waals surface area contributed by atoms with Crippen LogP contribution in [0, 0.1) is 0 Å². The number of nitrogens with one attached hydrogen (secondary N) is 2. The summed E-state index contributed by atoms with van der Waals surface area (Å²) in [5.41, 5.74) is 1.63. The standard InChI is InChI=1S/C19H22N2O3S/c1-4-13(2)20-18(22)14-5-9-16(10-6-14)21-19(23)15-7-11-17(12-8-15)25(3)24/h5-13H,4H2,1-3H3,(H,20,22)(H,21,23). The minimum Gasteiger partial charge on any atom is -0.350 e. The Morgan fingerprint density at radius 3 is 2.00 bits per heavy atom. The molecular weight excluding hydrogens is 336 g/mol. The third kappa shape index (κ3) is 5.26. The number of anilines is 1. The first-order valence-electron chi connectivity index (χ1n) is 8.06. The highest BCUT2D eigenvalue weighted by atomic mass is 32.2. The summed E-state index contributed by atoms with van der Waals surface area (Å²) in [7, 11) is -1.07. The van der Waals surface area contributed by atoms with Crippen molar-refractivity contribution >= 4 is 28.3 Å². The lowest BCUT2D eigenvalue weighted by Crippen LogP contribution is -2.31. The Morgan fingerprint density at radius 1 is 0.960 bits per heavy atom. The van der Waals surface area contributed by atoms with E-state index in [4.69, 9.17) is 0 Å². The lowest BCUT2D eigenvalue weighted by atomic mass is 10.1. The molecule has 25 heavy (non-hydrogen) atoms. The fourth-order valence-electron chi connectivity index (χ4n) is 2.12. The van der Waals surface area contributed by atoms with Crippen LogP contribution in [0.25, 0.3) is 0 Å². The maximum atomic E-state index is 12.2. The molecule has 0 spiro atoms. The van der Waals surface area contributed by atoms with Crippen LogP contribution in [0.1, 0.15) is 41.0 Å². The van der Waals surface area contributed by atoms with Gasteiger partial charge in [-0.25, -0.2) is 0 Å². The van der Waals surface area contributed by atoms with Crippen molar-refractivity contribution in [2.24, 2.45) is 0 Å². The van der Waals surface area contributed by atoms with Crippen LogP contribution in [-0.2, 0) is 10.8 Å². The zero-order valence-corrected chi connectivity index (χ0v) is 15.4. The lowest BCUT2D eigenvalue weighted by molar-refractivity contribution is 0.0938. The van der Waals surface area contributed by atoms with Crippen LogP contribution < -0.4 is 10.6 Å². The van der Waals surface area contributed by atoms with E-state index in [1.807, 2.05) is 13.8 Å². The van der Waals surface area contributed by atoms with Gasteiger partial charge in [0.05, 0.1) is 0 Å². The average molecular weight is 358 g/mol. The first-order chi connectivity index (χ1) is 11.9. The van der Waals surface area contributed by atoms with E-state index >= 15 is 0 Å². The van der Waals surface area contributed by atoms with Gasteiger partial charge in [0.15, 0.2) is 0 Å². The fraction of sp³-hybridized carbons (Fsp3) is 0.263. The summed E-state index contributed by atoms with van der Waals surface area (Å²) < 4.78 is 11.4. The normalized spacial score (nSPS) is 12.9. The highest BCUT2D eigenvalue weighted by Crippen LogP contribution is 2.13. The zero-order valence-electron chi connectivity index (χ0n) is 14.5. The van der Waals surface area contributed by atoms with Crippen molar-refractivity contribution in [2.75, 3.05) is 11.6 Å². The van der Waals surface area contributed by atoms with E-state index in [1.54, 1.807) is 54.8 Å². The highest BCUT2D eigenvalue weighted by Gasteiger charge is 2.10. The fourth-order valence-corrected chi connectivity index (χ4v) is 2.63. The van der Waals surface area contributed by atoms with Gasteiger partial charge in [-0.3, -0.25) is 13.8 Å². The largest absolute Gasteiger partial charge is 0.350 e. The summed E-state index contributed by atoms with van der Waals surface area (Å²) in [4.78, 5) is 24.9. The van der Waals surface area contributed by atoms with Crippen LogP contribution >= 0.6 is 0 Å². The van der Waals surface area contributed by atoms with Crippen LogP contribution in [-0.4, -0.2) is 28.3 Å². The third-order valence-corrected chi connectivity index (χ3v) is 4.78. The van der Waals surface area contributed by atoms with Gasteiger partial charge < -0.3 is 10.6 Å². The topological polar surface area (TPSA) is 75.3 Å². The van der Waals surface area contributed by atoms with Crippen molar-refractivity contribution in [3.8, 4) is 0 Å². The summed E-state index contributed by atoms with van der Waals surface area (Å²) >= 11 is 0. The molecule has 2 aromatic carbocycles. The van der Waals surface area contributed by atoms with Gasteiger partial charge in [0.2, 0.25) is 0 Å². The molecule has 2 atom stereocenters. The summed E-state index contributed by atoms with van der Waals surface area (Å²) in [6, 6.07) is 13.5. The minimum absolute atomic E-state index is 0.118. The summed E-state index contributed by atoms with van der Waals surface area (Å²) in [5.74, 6) is -0.388. The Morgan fingerprint density at radius 2 is 1.48 bits per heavy atom. The Labute approximate surface area is 150 Å². The molecule has 0 aromatic heterocycles. The second-order valence-electron chi connectivity index (χ2n) is 5.79. The van der Waals surface area contributed by atoms with Gasteiger partial charge in [-0.2, -0.15) is 0 Å². The van der Waals surface area contributed by atoms with E-state index in [2.05, 4.69) is 10.6 Å². The molecule has 2 N–H and O–H groups in total. The van der Waals surface area contributed by atoms with Gasteiger partial charge in [-0.05, 0) is 61.9 Å². The van der Waals surface area contributed by atoms with E-state index < -0.39 is 10.8 Å². The first-order valence-corrected chi connectivity index (χ1v) is 9.62. The molecule has 2 rings (SSSR count). The first kappa shape index (κ1) is 18.9. The molecule has 6 heteroatoms. The zero-order chi connectivity index (χ0) is 18.4. The van der Waals surface area contributed by atoms with Crippen LogP contribution in [0.3, 0.4) is 0 Å². The molecule has 132 valence electrons. The van der Waals surface area contributed by atoms with Gasteiger partial charge in [-0.15, -0.1) is 0 Å². The van der Waals surface area contributed by atoms with Gasteiger partial charge in [0.25, 0.3) is 11.8 Å². The van der Waals surface area contributed by atoms with E-state index in [0.29, 0.717) is 21.7 Å². The van der Waals surface area contributed by atoms with E-state index in [1.165, 1.54) is 0 Å². The molecular formula is C19H22N2O3S. The predicted octanol–water partition coefficient (Wildman–Crippen LogP) is 3.20. The molecule has 0 radical (unpaired) electrons. The van der Waals surface area contributed by atoms with Crippen molar-refractivity contribution < 1.29 is 13.8 Å². The molecule has 0 aliphatic carbocycles. The minimum atomic E-state index is -1.07. The van der Waals surface area contributed by atoms with Crippen molar-refractivity contribution in [1.29, 1.82) is 0 Å². The van der Waals surface area contributed by atoms with Crippen LogP contribution in [0.15, 0.2) is 53.4 Å². The van der Waals surface area contributed by atoms with Gasteiger partial charge in [0.1, 0.15) is 0 Å². The second kappa shape index (κ2) is 8.58. The molecule has 0 aliphatic heterocycles. The molecule has 0 saturated carbocycles. The molecule has 2 aromatic rings. The van der Waals surface area contributed by atoms with Crippen LogP contribution in [0.5, 0.6) is 0 Å². The lowest BCUT2D eigenvalue weighted by Gasteiger charge is -2.12. The van der Waals surface area contributed by atoms with Gasteiger partial charge in [0, 0.05) is 44.8 Å². The highest BCUT2D eigenvalue weighted by molar-refractivity contribution is 7.84. The Hall–Kier alpha value is -2.47. The van der Waals surface area contributed by atoms with E-state index in [0.717, 1.165) is 6.42 Å². The molecule has 0 fully saturated rings. The number of rotatable bonds is 6. The summed E-state index contributed by atoms with van der Waals surface area (Å²) in [5, 5.41) is 5.67. The monoisotopic (exact) mass is 358 g/mol. The van der Waals surface area contributed by atoms with Crippen molar-refractivity contribution in [1.82, 2.24) is 5.32 Å². The maximum absolute atomic E-state index is 12.2. The molecule has 0 saturated heterocycles. The number of hydrogen-bond acceptors (Lipinski definition) is 3. The number of amides is 2. The molecule has 5 nitrogen and oxygen atoms in total. The quantitative estimate of drug-likeness (QED) is 0.833. The Kier molecular flexibility index (Phi) is 6.47. The second-order valence-corrected chi connectivity index (χ2v) is 7.17. The van der Waals surface area contributed by atoms with Crippen molar-refractivity contribution in [2.45, 2.75) is 31.2 Å².